The Hall–Kier alpha value is -0.540. The summed E-state index contributed by atoms with van der Waals surface area (Å²) in [5.41, 5.74) is 0. The van der Waals surface area contributed by atoms with E-state index in [0.717, 1.165) is 17.3 Å². The normalized spacial score (nSPS) is 12.6. The van der Waals surface area contributed by atoms with Gasteiger partial charge in [-0.2, -0.15) is 0 Å². The van der Waals surface area contributed by atoms with Crippen molar-refractivity contribution in [2.75, 3.05) is 12.3 Å². The molecule has 1 N–H and O–H groups in total. The highest BCUT2D eigenvalue weighted by Crippen LogP contribution is 2.12. The number of rotatable bonds is 9. The van der Waals surface area contributed by atoms with Crippen LogP contribution in [0.2, 0.25) is 0 Å². The van der Waals surface area contributed by atoms with E-state index in [4.69, 9.17) is 0 Å². The minimum Gasteiger partial charge on any atom is -0.313 e. The van der Waals surface area contributed by atoms with E-state index in [1.165, 1.54) is 25.7 Å². The van der Waals surface area contributed by atoms with E-state index in [2.05, 4.69) is 30.2 Å². The van der Waals surface area contributed by atoms with E-state index in [9.17, 15) is 0 Å². The Balaban J connectivity index is 2.00. The van der Waals surface area contributed by atoms with Gasteiger partial charge in [0.15, 0.2) is 0 Å². The van der Waals surface area contributed by atoms with Crippen LogP contribution in [-0.2, 0) is 0 Å². The highest BCUT2D eigenvalue weighted by molar-refractivity contribution is 7.99. The number of thioether (sulfide) groups is 1. The van der Waals surface area contributed by atoms with Gasteiger partial charge in [-0.05, 0) is 25.5 Å². The Morgan fingerprint density at radius 1 is 1.35 bits per heavy atom. The third kappa shape index (κ3) is 7.40. The first-order chi connectivity index (χ1) is 8.33. The second-order valence-corrected chi connectivity index (χ2v) is 5.48. The second-order valence-electron chi connectivity index (χ2n) is 4.37. The lowest BCUT2D eigenvalue weighted by molar-refractivity contribution is 0.502. The van der Waals surface area contributed by atoms with Gasteiger partial charge in [0, 0.05) is 24.5 Å². The minimum atomic E-state index is 0.644. The molecule has 0 saturated carbocycles. The van der Waals surface area contributed by atoms with Crippen LogP contribution in [0, 0.1) is 0 Å². The lowest BCUT2D eigenvalue weighted by Crippen LogP contribution is -2.28. The molecule has 0 amide bonds. The molecule has 0 aliphatic heterocycles. The fourth-order valence-corrected chi connectivity index (χ4v) is 2.44. The van der Waals surface area contributed by atoms with Gasteiger partial charge in [0.2, 0.25) is 0 Å². The van der Waals surface area contributed by atoms with Gasteiger partial charge in [-0.25, -0.2) is 4.98 Å². The van der Waals surface area contributed by atoms with Crippen molar-refractivity contribution in [2.24, 2.45) is 0 Å². The minimum absolute atomic E-state index is 0.644. The number of aromatic nitrogens is 1. The highest BCUT2D eigenvalue weighted by atomic mass is 32.2. The molecule has 0 aliphatic rings. The maximum Gasteiger partial charge on any atom is 0.0960 e. The van der Waals surface area contributed by atoms with Crippen molar-refractivity contribution in [1.82, 2.24) is 10.3 Å². The van der Waals surface area contributed by atoms with E-state index in [1.807, 2.05) is 30.1 Å². The summed E-state index contributed by atoms with van der Waals surface area (Å²) in [6.07, 6.45) is 7.15. The predicted molar refractivity (Wildman–Crippen MR) is 76.6 cm³/mol. The van der Waals surface area contributed by atoms with Gasteiger partial charge in [-0.3, -0.25) is 0 Å². The molecule has 96 valence electrons. The third-order valence-corrected chi connectivity index (χ3v) is 3.67. The Labute approximate surface area is 110 Å². The van der Waals surface area contributed by atoms with E-state index in [0.29, 0.717) is 6.04 Å². The van der Waals surface area contributed by atoms with Crippen LogP contribution in [0.25, 0.3) is 0 Å². The van der Waals surface area contributed by atoms with Crippen LogP contribution in [0.15, 0.2) is 29.4 Å². The molecular weight excluding hydrogens is 228 g/mol. The molecule has 2 nitrogen and oxygen atoms in total. The van der Waals surface area contributed by atoms with Crippen LogP contribution < -0.4 is 5.32 Å². The topological polar surface area (TPSA) is 24.9 Å². The van der Waals surface area contributed by atoms with E-state index in [1.54, 1.807) is 0 Å². The van der Waals surface area contributed by atoms with Gasteiger partial charge in [0.05, 0.1) is 5.03 Å². The molecule has 1 heterocycles. The van der Waals surface area contributed by atoms with Crippen molar-refractivity contribution >= 4 is 11.8 Å². The highest BCUT2D eigenvalue weighted by Gasteiger charge is 2.00. The van der Waals surface area contributed by atoms with Crippen LogP contribution >= 0.6 is 11.8 Å². The number of hydrogen-bond donors (Lipinski definition) is 1. The Morgan fingerprint density at radius 3 is 2.94 bits per heavy atom. The summed E-state index contributed by atoms with van der Waals surface area (Å²) in [5, 5.41) is 4.68. The number of pyridine rings is 1. The van der Waals surface area contributed by atoms with Crippen molar-refractivity contribution < 1.29 is 0 Å². The molecule has 0 spiro atoms. The second kappa shape index (κ2) is 9.49. The molecular formula is C14H24N2S. The number of hydrogen-bond acceptors (Lipinski definition) is 3. The zero-order valence-electron chi connectivity index (χ0n) is 11.0. The number of nitrogens with zero attached hydrogens (tertiary/aromatic N) is 1. The first-order valence-electron chi connectivity index (χ1n) is 6.60. The van der Waals surface area contributed by atoms with Crippen LogP contribution in [0.3, 0.4) is 0 Å². The SMILES string of the molecule is CCCCCC(C)NCCSc1ccccn1. The smallest absolute Gasteiger partial charge is 0.0960 e. The molecule has 1 rings (SSSR count). The average Bonchev–Trinajstić information content (AvgIpc) is 2.36. The Bertz CT molecular complexity index is 277. The number of unbranched alkanes of at least 4 members (excludes halogenated alkanes) is 2. The zero-order valence-corrected chi connectivity index (χ0v) is 11.8. The van der Waals surface area contributed by atoms with Crippen molar-refractivity contribution in [3.63, 3.8) is 0 Å². The van der Waals surface area contributed by atoms with Crippen molar-refractivity contribution in [3.8, 4) is 0 Å². The van der Waals surface area contributed by atoms with Gasteiger partial charge >= 0.3 is 0 Å². The quantitative estimate of drug-likeness (QED) is 0.535. The summed E-state index contributed by atoms with van der Waals surface area (Å²) in [5.74, 6) is 1.09. The van der Waals surface area contributed by atoms with Crippen molar-refractivity contribution in [1.29, 1.82) is 0 Å². The monoisotopic (exact) mass is 252 g/mol. The van der Waals surface area contributed by atoms with Gasteiger partial charge in [0.1, 0.15) is 0 Å². The largest absolute Gasteiger partial charge is 0.313 e. The van der Waals surface area contributed by atoms with Crippen molar-refractivity contribution in [2.45, 2.75) is 50.6 Å². The Morgan fingerprint density at radius 2 is 2.24 bits per heavy atom. The summed E-state index contributed by atoms with van der Waals surface area (Å²) in [4.78, 5) is 4.29. The molecule has 17 heavy (non-hydrogen) atoms. The maximum absolute atomic E-state index is 4.29. The zero-order chi connectivity index (χ0) is 12.3. The first kappa shape index (κ1) is 14.5. The van der Waals surface area contributed by atoms with Gasteiger partial charge in [-0.1, -0.05) is 32.3 Å². The lowest BCUT2D eigenvalue weighted by Gasteiger charge is -2.12. The summed E-state index contributed by atoms with van der Waals surface area (Å²) >= 11 is 1.82. The molecule has 1 atom stereocenters. The molecule has 1 aromatic rings. The van der Waals surface area contributed by atoms with Crippen LogP contribution in [-0.4, -0.2) is 23.3 Å². The lowest BCUT2D eigenvalue weighted by atomic mass is 10.1. The predicted octanol–water partition coefficient (Wildman–Crippen LogP) is 3.73. The summed E-state index contributed by atoms with van der Waals surface area (Å²) in [6, 6.07) is 6.70. The van der Waals surface area contributed by atoms with Gasteiger partial charge < -0.3 is 5.32 Å². The molecule has 0 saturated heterocycles. The molecule has 1 aromatic heterocycles. The third-order valence-electron chi connectivity index (χ3n) is 2.72. The number of nitrogens with one attached hydrogen (secondary N) is 1. The standard InChI is InChI=1S/C14H24N2S/c1-3-4-5-8-13(2)15-11-12-17-14-9-6-7-10-16-14/h6-7,9-10,13,15H,3-5,8,11-12H2,1-2H3. The van der Waals surface area contributed by atoms with Gasteiger partial charge in [0.25, 0.3) is 0 Å². The Kier molecular flexibility index (Phi) is 8.10. The average molecular weight is 252 g/mol. The van der Waals surface area contributed by atoms with E-state index >= 15 is 0 Å². The maximum atomic E-state index is 4.29. The molecule has 0 fully saturated rings. The summed E-state index contributed by atoms with van der Waals surface area (Å²) in [7, 11) is 0. The molecule has 0 aliphatic carbocycles. The fraction of sp³-hybridized carbons (Fsp3) is 0.643. The van der Waals surface area contributed by atoms with Crippen LogP contribution in [0.4, 0.5) is 0 Å². The van der Waals surface area contributed by atoms with E-state index in [-0.39, 0.29) is 0 Å². The molecule has 0 radical (unpaired) electrons. The van der Waals surface area contributed by atoms with Crippen molar-refractivity contribution in [3.05, 3.63) is 24.4 Å². The molecule has 3 heteroatoms. The fourth-order valence-electron chi connectivity index (χ4n) is 1.70. The molecule has 1 unspecified atom stereocenters. The summed E-state index contributed by atoms with van der Waals surface area (Å²) < 4.78 is 0. The van der Waals surface area contributed by atoms with E-state index < -0.39 is 0 Å². The first-order valence-corrected chi connectivity index (χ1v) is 7.58. The molecule has 0 bridgehead atoms. The van der Waals surface area contributed by atoms with Crippen LogP contribution in [0.1, 0.15) is 39.5 Å². The molecule has 0 aromatic carbocycles. The summed E-state index contributed by atoms with van der Waals surface area (Å²) in [6.45, 7) is 5.59. The van der Waals surface area contributed by atoms with Gasteiger partial charge in [-0.15, -0.1) is 11.8 Å². The van der Waals surface area contributed by atoms with Crippen LogP contribution in [0.5, 0.6) is 0 Å².